The molecule has 0 unspecified atom stereocenters. The second-order valence-electron chi connectivity index (χ2n) is 4.87. The first-order valence-electron chi connectivity index (χ1n) is 6.82. The first-order chi connectivity index (χ1) is 9.69. The molecule has 0 radical (unpaired) electrons. The summed E-state index contributed by atoms with van der Waals surface area (Å²) in [7, 11) is 0. The lowest BCUT2D eigenvalue weighted by Gasteiger charge is -2.22. The van der Waals surface area contributed by atoms with Crippen molar-refractivity contribution in [2.45, 2.75) is 26.3 Å². The average molecular weight is 288 g/mol. The van der Waals surface area contributed by atoms with Gasteiger partial charge >= 0.3 is 0 Å². The van der Waals surface area contributed by atoms with Gasteiger partial charge in [-0.15, -0.1) is 0 Å². The summed E-state index contributed by atoms with van der Waals surface area (Å²) >= 11 is 1.63. The molecule has 106 valence electrons. The van der Waals surface area contributed by atoms with Crippen molar-refractivity contribution in [2.75, 3.05) is 12.3 Å². The fourth-order valence-electron chi connectivity index (χ4n) is 2.15. The standard InChI is InChI=1S/C16H20N2OS/c1-2-7-18(11-13-4-3-5-15(17)9-13)16(19)10-14-6-8-20-12-14/h3-6,8-9,12H,2,7,10-11,17H2,1H3. The highest BCUT2D eigenvalue weighted by Crippen LogP contribution is 2.13. The molecule has 1 aromatic heterocycles. The highest BCUT2D eigenvalue weighted by Gasteiger charge is 2.14. The van der Waals surface area contributed by atoms with Crippen LogP contribution in [-0.2, 0) is 17.8 Å². The number of nitrogen functional groups attached to an aromatic ring is 1. The van der Waals surface area contributed by atoms with Gasteiger partial charge in [-0.25, -0.2) is 0 Å². The van der Waals surface area contributed by atoms with Gasteiger partial charge in [0.05, 0.1) is 6.42 Å². The molecular formula is C16H20N2OS. The van der Waals surface area contributed by atoms with E-state index in [0.29, 0.717) is 13.0 Å². The van der Waals surface area contributed by atoms with Crippen LogP contribution in [0.2, 0.25) is 0 Å². The molecule has 0 fully saturated rings. The minimum absolute atomic E-state index is 0.174. The van der Waals surface area contributed by atoms with Crippen LogP contribution in [0.3, 0.4) is 0 Å². The monoisotopic (exact) mass is 288 g/mol. The van der Waals surface area contributed by atoms with Gasteiger partial charge in [-0.3, -0.25) is 4.79 Å². The van der Waals surface area contributed by atoms with Gasteiger partial charge in [-0.2, -0.15) is 11.3 Å². The number of anilines is 1. The van der Waals surface area contributed by atoms with Crippen molar-refractivity contribution in [3.63, 3.8) is 0 Å². The van der Waals surface area contributed by atoms with Crippen molar-refractivity contribution in [3.05, 3.63) is 52.2 Å². The van der Waals surface area contributed by atoms with Crippen molar-refractivity contribution in [1.29, 1.82) is 0 Å². The summed E-state index contributed by atoms with van der Waals surface area (Å²) in [5.74, 6) is 0.174. The first kappa shape index (κ1) is 14.6. The average Bonchev–Trinajstić information content (AvgIpc) is 2.91. The molecule has 20 heavy (non-hydrogen) atoms. The smallest absolute Gasteiger partial charge is 0.227 e. The fourth-order valence-corrected chi connectivity index (χ4v) is 2.82. The largest absolute Gasteiger partial charge is 0.399 e. The number of rotatable bonds is 6. The van der Waals surface area contributed by atoms with Gasteiger partial charge in [0.25, 0.3) is 0 Å². The van der Waals surface area contributed by atoms with E-state index in [1.807, 2.05) is 46.0 Å². The van der Waals surface area contributed by atoms with E-state index in [1.165, 1.54) is 0 Å². The molecule has 4 heteroatoms. The molecule has 1 amide bonds. The van der Waals surface area contributed by atoms with E-state index >= 15 is 0 Å². The van der Waals surface area contributed by atoms with E-state index < -0.39 is 0 Å². The van der Waals surface area contributed by atoms with Gasteiger partial charge in [0.2, 0.25) is 5.91 Å². The van der Waals surface area contributed by atoms with E-state index in [0.717, 1.165) is 29.8 Å². The van der Waals surface area contributed by atoms with Gasteiger partial charge in [-0.1, -0.05) is 19.1 Å². The molecule has 2 aromatic rings. The van der Waals surface area contributed by atoms with Crippen LogP contribution in [-0.4, -0.2) is 17.4 Å². The number of carbonyl (C=O) groups excluding carboxylic acids is 1. The van der Waals surface area contributed by atoms with Crippen LogP contribution in [0, 0.1) is 0 Å². The summed E-state index contributed by atoms with van der Waals surface area (Å²) in [6.45, 7) is 3.49. The van der Waals surface area contributed by atoms with Crippen LogP contribution in [0.5, 0.6) is 0 Å². The molecule has 2 rings (SSSR count). The molecule has 0 atom stereocenters. The van der Waals surface area contributed by atoms with Crippen LogP contribution in [0.25, 0.3) is 0 Å². The number of hydrogen-bond acceptors (Lipinski definition) is 3. The Kier molecular flexibility index (Phi) is 5.18. The Labute approximate surface area is 124 Å². The number of nitrogens with two attached hydrogens (primary N) is 1. The minimum atomic E-state index is 0.174. The number of amides is 1. The second-order valence-corrected chi connectivity index (χ2v) is 5.65. The fraction of sp³-hybridized carbons (Fsp3) is 0.312. The zero-order valence-corrected chi connectivity index (χ0v) is 12.5. The summed E-state index contributed by atoms with van der Waals surface area (Å²) in [6, 6.07) is 9.74. The van der Waals surface area contributed by atoms with Crippen molar-refractivity contribution in [1.82, 2.24) is 4.90 Å². The van der Waals surface area contributed by atoms with E-state index in [1.54, 1.807) is 11.3 Å². The number of benzene rings is 1. The minimum Gasteiger partial charge on any atom is -0.399 e. The topological polar surface area (TPSA) is 46.3 Å². The summed E-state index contributed by atoms with van der Waals surface area (Å²) in [4.78, 5) is 14.3. The molecule has 2 N–H and O–H groups in total. The van der Waals surface area contributed by atoms with Crippen molar-refractivity contribution < 1.29 is 4.79 Å². The van der Waals surface area contributed by atoms with E-state index in [4.69, 9.17) is 5.73 Å². The molecule has 0 bridgehead atoms. The molecule has 0 aliphatic heterocycles. The lowest BCUT2D eigenvalue weighted by atomic mass is 10.1. The summed E-state index contributed by atoms with van der Waals surface area (Å²) < 4.78 is 0. The highest BCUT2D eigenvalue weighted by atomic mass is 32.1. The van der Waals surface area contributed by atoms with Crippen LogP contribution in [0.15, 0.2) is 41.1 Å². The van der Waals surface area contributed by atoms with Crippen molar-refractivity contribution in [2.24, 2.45) is 0 Å². The van der Waals surface area contributed by atoms with Crippen LogP contribution in [0.1, 0.15) is 24.5 Å². The van der Waals surface area contributed by atoms with Gasteiger partial charge in [0.15, 0.2) is 0 Å². The SMILES string of the molecule is CCCN(Cc1cccc(N)c1)C(=O)Cc1ccsc1. The van der Waals surface area contributed by atoms with Crippen LogP contribution < -0.4 is 5.73 Å². The predicted octanol–water partition coefficient (Wildman–Crippen LogP) is 3.31. The summed E-state index contributed by atoms with van der Waals surface area (Å²) in [6.07, 6.45) is 1.43. The molecule has 0 saturated carbocycles. The molecule has 0 saturated heterocycles. The Morgan fingerprint density at radius 3 is 2.80 bits per heavy atom. The Morgan fingerprint density at radius 2 is 2.15 bits per heavy atom. The highest BCUT2D eigenvalue weighted by molar-refractivity contribution is 7.07. The van der Waals surface area contributed by atoms with Gasteiger partial charge in [-0.05, 0) is 46.5 Å². The Morgan fingerprint density at radius 1 is 1.30 bits per heavy atom. The first-order valence-corrected chi connectivity index (χ1v) is 7.76. The molecule has 1 heterocycles. The van der Waals surface area contributed by atoms with E-state index in [2.05, 4.69) is 6.92 Å². The number of hydrogen-bond donors (Lipinski definition) is 1. The van der Waals surface area contributed by atoms with Gasteiger partial charge in [0.1, 0.15) is 0 Å². The van der Waals surface area contributed by atoms with Gasteiger partial charge in [0, 0.05) is 18.8 Å². The molecule has 0 aliphatic rings. The third kappa shape index (κ3) is 4.10. The van der Waals surface area contributed by atoms with Crippen molar-refractivity contribution in [3.8, 4) is 0 Å². The van der Waals surface area contributed by atoms with Gasteiger partial charge < -0.3 is 10.6 Å². The number of thiophene rings is 1. The van der Waals surface area contributed by atoms with E-state index in [-0.39, 0.29) is 5.91 Å². The number of carbonyl (C=O) groups is 1. The lowest BCUT2D eigenvalue weighted by molar-refractivity contribution is -0.131. The number of nitrogens with zero attached hydrogens (tertiary/aromatic N) is 1. The summed E-state index contributed by atoms with van der Waals surface area (Å²) in [5.41, 5.74) is 8.70. The maximum absolute atomic E-state index is 12.4. The zero-order chi connectivity index (χ0) is 14.4. The molecule has 3 nitrogen and oxygen atoms in total. The predicted molar refractivity (Wildman–Crippen MR) is 84.6 cm³/mol. The third-order valence-corrected chi connectivity index (χ3v) is 3.84. The molecular weight excluding hydrogens is 268 g/mol. The summed E-state index contributed by atoms with van der Waals surface area (Å²) in [5, 5.41) is 4.03. The van der Waals surface area contributed by atoms with Crippen LogP contribution in [0.4, 0.5) is 5.69 Å². The molecule has 0 aliphatic carbocycles. The maximum atomic E-state index is 12.4. The van der Waals surface area contributed by atoms with E-state index in [9.17, 15) is 4.79 Å². The second kappa shape index (κ2) is 7.10. The zero-order valence-electron chi connectivity index (χ0n) is 11.7. The normalized spacial score (nSPS) is 10.4. The Bertz CT molecular complexity index is 551. The Hall–Kier alpha value is -1.81. The maximum Gasteiger partial charge on any atom is 0.227 e. The quantitative estimate of drug-likeness (QED) is 0.829. The molecule has 1 aromatic carbocycles. The van der Waals surface area contributed by atoms with Crippen LogP contribution >= 0.6 is 11.3 Å². The molecule has 0 spiro atoms. The van der Waals surface area contributed by atoms with Crippen molar-refractivity contribution >= 4 is 22.9 Å². The Balaban J connectivity index is 2.04. The lowest BCUT2D eigenvalue weighted by Crippen LogP contribution is -2.32. The third-order valence-electron chi connectivity index (χ3n) is 3.11.